The summed E-state index contributed by atoms with van der Waals surface area (Å²) in [6.45, 7) is 11.0. The SMILES string of the molecule is CC(C)n1cc(CN2CCC3(CC2)CN(Cc2ccccc2)CC3CO)cn1. The second-order valence-corrected chi connectivity index (χ2v) is 9.10. The van der Waals surface area contributed by atoms with E-state index in [4.69, 9.17) is 0 Å². The van der Waals surface area contributed by atoms with Gasteiger partial charge in [-0.05, 0) is 50.8 Å². The maximum Gasteiger partial charge on any atom is 0.0534 e. The quantitative estimate of drug-likeness (QED) is 0.833. The third-order valence-corrected chi connectivity index (χ3v) is 6.79. The Kier molecular flexibility index (Phi) is 5.85. The summed E-state index contributed by atoms with van der Waals surface area (Å²) in [5.74, 6) is 0.405. The second kappa shape index (κ2) is 8.36. The van der Waals surface area contributed by atoms with Crippen molar-refractivity contribution in [3.63, 3.8) is 0 Å². The Morgan fingerprint density at radius 1 is 1.07 bits per heavy atom. The largest absolute Gasteiger partial charge is 0.396 e. The van der Waals surface area contributed by atoms with Crippen LogP contribution in [0.1, 0.15) is 43.9 Å². The Balaban J connectivity index is 1.35. The molecule has 3 heterocycles. The fraction of sp³-hybridized carbons (Fsp3) is 0.609. The van der Waals surface area contributed by atoms with E-state index in [9.17, 15) is 5.11 Å². The predicted molar refractivity (Wildman–Crippen MR) is 112 cm³/mol. The van der Waals surface area contributed by atoms with Crippen LogP contribution in [0.5, 0.6) is 0 Å². The first-order valence-electron chi connectivity index (χ1n) is 10.7. The van der Waals surface area contributed by atoms with Gasteiger partial charge in [0.1, 0.15) is 0 Å². The fourth-order valence-corrected chi connectivity index (χ4v) is 5.08. The first kappa shape index (κ1) is 19.6. The average molecular weight is 383 g/mol. The molecule has 5 nitrogen and oxygen atoms in total. The van der Waals surface area contributed by atoms with Crippen molar-refractivity contribution in [1.29, 1.82) is 0 Å². The van der Waals surface area contributed by atoms with Crippen molar-refractivity contribution >= 4 is 0 Å². The molecular formula is C23H34N4O. The predicted octanol–water partition coefficient (Wildman–Crippen LogP) is 3.17. The third-order valence-electron chi connectivity index (χ3n) is 6.79. The summed E-state index contributed by atoms with van der Waals surface area (Å²) >= 11 is 0. The number of hydrogen-bond donors (Lipinski definition) is 1. The van der Waals surface area contributed by atoms with Crippen molar-refractivity contribution in [1.82, 2.24) is 19.6 Å². The van der Waals surface area contributed by atoms with Crippen LogP contribution in [0.2, 0.25) is 0 Å². The van der Waals surface area contributed by atoms with Gasteiger partial charge in [-0.2, -0.15) is 5.10 Å². The first-order valence-corrected chi connectivity index (χ1v) is 10.7. The molecule has 28 heavy (non-hydrogen) atoms. The number of piperidine rings is 1. The van der Waals surface area contributed by atoms with E-state index in [1.807, 2.05) is 10.9 Å². The minimum absolute atomic E-state index is 0.280. The molecule has 2 aliphatic rings. The molecule has 2 aromatic rings. The zero-order valence-electron chi connectivity index (χ0n) is 17.3. The van der Waals surface area contributed by atoms with Gasteiger partial charge in [0.2, 0.25) is 0 Å². The van der Waals surface area contributed by atoms with E-state index in [0.29, 0.717) is 18.6 Å². The highest BCUT2D eigenvalue weighted by Crippen LogP contribution is 2.45. The van der Waals surface area contributed by atoms with Crippen LogP contribution >= 0.6 is 0 Å². The smallest absolute Gasteiger partial charge is 0.0534 e. The van der Waals surface area contributed by atoms with Crippen molar-refractivity contribution < 1.29 is 5.11 Å². The second-order valence-electron chi connectivity index (χ2n) is 9.10. The van der Waals surface area contributed by atoms with Crippen LogP contribution in [0.4, 0.5) is 0 Å². The van der Waals surface area contributed by atoms with E-state index in [0.717, 1.165) is 39.3 Å². The summed E-state index contributed by atoms with van der Waals surface area (Å²) in [7, 11) is 0. The summed E-state index contributed by atoms with van der Waals surface area (Å²) in [5.41, 5.74) is 2.96. The van der Waals surface area contributed by atoms with Crippen molar-refractivity contribution in [2.45, 2.75) is 45.8 Å². The first-order chi connectivity index (χ1) is 13.6. The number of aromatic nitrogens is 2. The number of rotatable bonds is 6. The number of aliphatic hydroxyl groups is 1. The zero-order valence-corrected chi connectivity index (χ0v) is 17.3. The zero-order chi connectivity index (χ0) is 19.6. The van der Waals surface area contributed by atoms with Crippen LogP contribution in [0.15, 0.2) is 42.7 Å². The molecule has 4 rings (SSSR count). The number of aliphatic hydroxyl groups excluding tert-OH is 1. The van der Waals surface area contributed by atoms with Gasteiger partial charge in [0, 0.05) is 56.5 Å². The maximum absolute atomic E-state index is 10.1. The molecule has 1 unspecified atom stereocenters. The molecule has 0 saturated carbocycles. The third kappa shape index (κ3) is 4.17. The standard InChI is InChI=1S/C23H34N4O/c1-19(2)27-15-21(12-24-27)14-25-10-8-23(9-11-25)18-26(16-22(23)17-28)13-20-6-4-3-5-7-20/h3-7,12,15,19,22,28H,8-11,13-14,16-18H2,1-2H3. The van der Waals surface area contributed by atoms with Crippen molar-refractivity contribution in [3.8, 4) is 0 Å². The average Bonchev–Trinajstić information content (AvgIpc) is 3.29. The van der Waals surface area contributed by atoms with Gasteiger partial charge in [-0.15, -0.1) is 0 Å². The number of benzene rings is 1. The molecule has 1 aromatic carbocycles. The Hall–Kier alpha value is -1.69. The molecule has 1 N–H and O–H groups in total. The highest BCUT2D eigenvalue weighted by Gasteiger charge is 2.47. The lowest BCUT2D eigenvalue weighted by molar-refractivity contribution is 0.0482. The number of nitrogens with zero attached hydrogens (tertiary/aromatic N) is 4. The summed E-state index contributed by atoms with van der Waals surface area (Å²) in [5, 5.41) is 14.5. The minimum Gasteiger partial charge on any atom is -0.396 e. The molecule has 0 amide bonds. The van der Waals surface area contributed by atoms with Gasteiger partial charge < -0.3 is 5.11 Å². The van der Waals surface area contributed by atoms with E-state index in [2.05, 4.69) is 65.3 Å². The maximum atomic E-state index is 10.1. The highest BCUT2D eigenvalue weighted by molar-refractivity contribution is 5.15. The highest BCUT2D eigenvalue weighted by atomic mass is 16.3. The van der Waals surface area contributed by atoms with Crippen LogP contribution in [-0.2, 0) is 13.1 Å². The number of likely N-dealkylation sites (tertiary alicyclic amines) is 2. The van der Waals surface area contributed by atoms with E-state index in [-0.39, 0.29) is 5.41 Å². The Bertz CT molecular complexity index is 749. The molecule has 0 aliphatic carbocycles. The molecule has 5 heteroatoms. The molecule has 2 fully saturated rings. The molecule has 2 saturated heterocycles. The van der Waals surface area contributed by atoms with Gasteiger partial charge in [0.05, 0.1) is 6.20 Å². The van der Waals surface area contributed by atoms with E-state index in [1.54, 1.807) is 0 Å². The molecule has 1 atom stereocenters. The number of hydrogen-bond acceptors (Lipinski definition) is 4. The monoisotopic (exact) mass is 382 g/mol. The van der Waals surface area contributed by atoms with Gasteiger partial charge in [-0.3, -0.25) is 14.5 Å². The van der Waals surface area contributed by atoms with Crippen molar-refractivity contribution in [2.75, 3.05) is 32.8 Å². The van der Waals surface area contributed by atoms with E-state index < -0.39 is 0 Å². The summed E-state index contributed by atoms with van der Waals surface area (Å²) in [6, 6.07) is 11.1. The molecule has 152 valence electrons. The molecule has 1 spiro atoms. The molecule has 2 aliphatic heterocycles. The lowest BCUT2D eigenvalue weighted by Crippen LogP contribution is -2.44. The molecule has 0 radical (unpaired) electrons. The van der Waals surface area contributed by atoms with Crippen molar-refractivity contribution in [3.05, 3.63) is 53.9 Å². The Morgan fingerprint density at radius 2 is 1.79 bits per heavy atom. The Labute approximate surface area is 169 Å². The summed E-state index contributed by atoms with van der Waals surface area (Å²) in [4.78, 5) is 5.11. The van der Waals surface area contributed by atoms with Crippen LogP contribution < -0.4 is 0 Å². The summed E-state index contributed by atoms with van der Waals surface area (Å²) in [6.07, 6.45) is 6.56. The lowest BCUT2D eigenvalue weighted by atomic mass is 9.71. The van der Waals surface area contributed by atoms with Crippen LogP contribution in [0.25, 0.3) is 0 Å². The van der Waals surface area contributed by atoms with Gasteiger partial charge in [0.15, 0.2) is 0 Å². The minimum atomic E-state index is 0.280. The normalized spacial score (nSPS) is 23.1. The lowest BCUT2D eigenvalue weighted by Gasteiger charge is -2.42. The molecular weight excluding hydrogens is 348 g/mol. The van der Waals surface area contributed by atoms with Crippen LogP contribution in [-0.4, -0.2) is 57.5 Å². The molecule has 1 aromatic heterocycles. The van der Waals surface area contributed by atoms with Crippen molar-refractivity contribution in [2.24, 2.45) is 11.3 Å². The van der Waals surface area contributed by atoms with Gasteiger partial charge in [-0.1, -0.05) is 30.3 Å². The van der Waals surface area contributed by atoms with Gasteiger partial charge in [-0.25, -0.2) is 0 Å². The summed E-state index contributed by atoms with van der Waals surface area (Å²) < 4.78 is 2.04. The van der Waals surface area contributed by atoms with Crippen LogP contribution in [0, 0.1) is 11.3 Å². The fourth-order valence-electron chi connectivity index (χ4n) is 5.08. The van der Waals surface area contributed by atoms with Crippen LogP contribution in [0.3, 0.4) is 0 Å². The molecule has 0 bridgehead atoms. The van der Waals surface area contributed by atoms with Gasteiger partial charge >= 0.3 is 0 Å². The Morgan fingerprint density at radius 3 is 2.43 bits per heavy atom. The topological polar surface area (TPSA) is 44.5 Å². The van der Waals surface area contributed by atoms with Gasteiger partial charge in [0.25, 0.3) is 0 Å². The van der Waals surface area contributed by atoms with E-state index >= 15 is 0 Å². The van der Waals surface area contributed by atoms with E-state index in [1.165, 1.54) is 24.0 Å².